The summed E-state index contributed by atoms with van der Waals surface area (Å²) in [5.74, 6) is 0.469. The molecule has 0 saturated carbocycles. The first-order chi connectivity index (χ1) is 8.77. The number of benzene rings is 1. The van der Waals surface area contributed by atoms with Crippen molar-refractivity contribution in [3.05, 3.63) is 48.2 Å². The molecule has 0 fully saturated rings. The van der Waals surface area contributed by atoms with Gasteiger partial charge in [-0.2, -0.15) is 0 Å². The molecule has 2 aromatic rings. The Morgan fingerprint density at radius 3 is 2.89 bits per heavy atom. The summed E-state index contributed by atoms with van der Waals surface area (Å²) >= 11 is 0. The summed E-state index contributed by atoms with van der Waals surface area (Å²) in [4.78, 5) is 12.6. The molecule has 0 spiro atoms. The fourth-order valence-electron chi connectivity index (χ4n) is 2.79. The van der Waals surface area contributed by atoms with Crippen LogP contribution in [0.4, 0.5) is 0 Å². The molecule has 0 amide bonds. The Morgan fingerprint density at radius 2 is 2.11 bits per heavy atom. The van der Waals surface area contributed by atoms with Crippen molar-refractivity contribution in [2.75, 3.05) is 0 Å². The van der Waals surface area contributed by atoms with Gasteiger partial charge in [-0.05, 0) is 25.3 Å². The summed E-state index contributed by atoms with van der Waals surface area (Å²) < 4.78 is 2.04. The van der Waals surface area contributed by atoms with Gasteiger partial charge in [0.1, 0.15) is 0 Å². The van der Waals surface area contributed by atoms with E-state index in [4.69, 9.17) is 0 Å². The first kappa shape index (κ1) is 11.3. The number of Topliss-reactive ketones (excluding diaryl/α,β-unsaturated/α-hetero) is 1. The number of ketones is 1. The Labute approximate surface area is 107 Å². The zero-order chi connectivity index (χ0) is 12.5. The topological polar surface area (TPSA) is 22.0 Å². The van der Waals surface area contributed by atoms with Crippen LogP contribution in [0.5, 0.6) is 0 Å². The van der Waals surface area contributed by atoms with E-state index in [1.807, 2.05) is 36.0 Å². The minimum atomic E-state index is 0.167. The number of hydrogen-bond acceptors (Lipinski definition) is 1. The molecule has 2 nitrogen and oxygen atoms in total. The average Bonchev–Trinajstić information content (AvgIpc) is 2.77. The lowest BCUT2D eigenvalue weighted by Gasteiger charge is -2.15. The largest absolute Gasteiger partial charge is 0.350 e. The van der Waals surface area contributed by atoms with Crippen molar-refractivity contribution in [1.82, 2.24) is 4.57 Å². The highest BCUT2D eigenvalue weighted by molar-refractivity contribution is 6.09. The van der Waals surface area contributed by atoms with E-state index in [9.17, 15) is 4.79 Å². The molecule has 0 aliphatic heterocycles. The van der Waals surface area contributed by atoms with Crippen molar-refractivity contribution in [1.29, 1.82) is 0 Å². The highest BCUT2D eigenvalue weighted by atomic mass is 16.1. The zero-order valence-corrected chi connectivity index (χ0v) is 10.6. The van der Waals surface area contributed by atoms with E-state index in [0.29, 0.717) is 5.78 Å². The quantitative estimate of drug-likeness (QED) is 0.578. The predicted octanol–water partition coefficient (Wildman–Crippen LogP) is 3.72. The van der Waals surface area contributed by atoms with Crippen LogP contribution in [0.15, 0.2) is 42.6 Å². The average molecular weight is 239 g/mol. The number of para-hydroxylation sites is 1. The maximum atomic E-state index is 12.6. The van der Waals surface area contributed by atoms with E-state index in [2.05, 4.69) is 18.2 Å². The standard InChI is InChI=1S/C16H17NO/c1-17-11-14(13-9-5-6-10-15(13)17)16(18)12-7-3-2-4-8-12/h2-3,5-6,9-12H,4,7-8H2,1H3/t12-/m0/s1. The summed E-state index contributed by atoms with van der Waals surface area (Å²) in [6, 6.07) is 8.12. The molecule has 0 saturated heterocycles. The molecule has 18 heavy (non-hydrogen) atoms. The maximum Gasteiger partial charge on any atom is 0.168 e. The normalized spacial score (nSPS) is 19.3. The van der Waals surface area contributed by atoms with Crippen molar-refractivity contribution in [2.45, 2.75) is 19.3 Å². The number of rotatable bonds is 2. The van der Waals surface area contributed by atoms with Gasteiger partial charge in [-0.25, -0.2) is 0 Å². The summed E-state index contributed by atoms with van der Waals surface area (Å²) in [5, 5.41) is 1.08. The third-order valence-corrected chi connectivity index (χ3v) is 3.80. The summed E-state index contributed by atoms with van der Waals surface area (Å²) in [6.07, 6.45) is 9.19. The van der Waals surface area contributed by atoms with Crippen LogP contribution in [-0.4, -0.2) is 10.4 Å². The summed E-state index contributed by atoms with van der Waals surface area (Å²) in [5.41, 5.74) is 2.01. The molecule has 1 atom stereocenters. The van der Waals surface area contributed by atoms with Gasteiger partial charge in [-0.1, -0.05) is 30.4 Å². The lowest BCUT2D eigenvalue weighted by molar-refractivity contribution is 0.0914. The Bertz CT molecular complexity index is 621. The number of aromatic nitrogens is 1. The van der Waals surface area contributed by atoms with Gasteiger partial charge in [-0.15, -0.1) is 0 Å². The molecule has 0 bridgehead atoms. The van der Waals surface area contributed by atoms with Crippen molar-refractivity contribution in [2.24, 2.45) is 13.0 Å². The number of hydrogen-bond donors (Lipinski definition) is 0. The third kappa shape index (κ3) is 1.78. The first-order valence-electron chi connectivity index (χ1n) is 6.50. The minimum Gasteiger partial charge on any atom is -0.350 e. The number of nitrogens with zero attached hydrogens (tertiary/aromatic N) is 1. The van der Waals surface area contributed by atoms with Gasteiger partial charge in [0.15, 0.2) is 5.78 Å². The van der Waals surface area contributed by atoms with Crippen LogP contribution in [0.25, 0.3) is 10.9 Å². The molecular weight excluding hydrogens is 222 g/mol. The van der Waals surface area contributed by atoms with Crippen molar-refractivity contribution in [3.8, 4) is 0 Å². The van der Waals surface area contributed by atoms with Crippen molar-refractivity contribution in [3.63, 3.8) is 0 Å². The van der Waals surface area contributed by atoms with Crippen LogP contribution >= 0.6 is 0 Å². The van der Waals surface area contributed by atoms with E-state index < -0.39 is 0 Å². The van der Waals surface area contributed by atoms with E-state index >= 15 is 0 Å². The third-order valence-electron chi connectivity index (χ3n) is 3.80. The van der Waals surface area contributed by atoms with Crippen LogP contribution in [0.2, 0.25) is 0 Å². The van der Waals surface area contributed by atoms with Gasteiger partial charge >= 0.3 is 0 Å². The molecule has 0 N–H and O–H groups in total. The van der Waals surface area contributed by atoms with Gasteiger partial charge in [0.2, 0.25) is 0 Å². The highest BCUT2D eigenvalue weighted by Gasteiger charge is 2.23. The van der Waals surface area contributed by atoms with E-state index in [-0.39, 0.29) is 5.92 Å². The molecule has 3 rings (SSSR count). The summed E-state index contributed by atoms with van der Waals surface area (Å²) in [7, 11) is 2.00. The fourth-order valence-corrected chi connectivity index (χ4v) is 2.79. The zero-order valence-electron chi connectivity index (χ0n) is 10.6. The van der Waals surface area contributed by atoms with Gasteiger partial charge in [0, 0.05) is 35.6 Å². The first-order valence-corrected chi connectivity index (χ1v) is 6.50. The Morgan fingerprint density at radius 1 is 1.28 bits per heavy atom. The molecule has 1 aromatic heterocycles. The molecule has 1 aliphatic rings. The van der Waals surface area contributed by atoms with Crippen LogP contribution < -0.4 is 0 Å². The van der Waals surface area contributed by atoms with Gasteiger partial charge < -0.3 is 4.57 Å². The molecular formula is C16H17NO. The van der Waals surface area contributed by atoms with Gasteiger partial charge in [0.25, 0.3) is 0 Å². The molecule has 0 unspecified atom stereocenters. The van der Waals surface area contributed by atoms with Crippen molar-refractivity contribution >= 4 is 16.7 Å². The smallest absolute Gasteiger partial charge is 0.168 e. The Balaban J connectivity index is 2.03. The van der Waals surface area contributed by atoms with Gasteiger partial charge in [-0.3, -0.25) is 4.79 Å². The summed E-state index contributed by atoms with van der Waals surface area (Å²) in [6.45, 7) is 0. The van der Waals surface area contributed by atoms with E-state index in [1.165, 1.54) is 0 Å². The second-order valence-corrected chi connectivity index (χ2v) is 5.02. The molecule has 1 heterocycles. The van der Waals surface area contributed by atoms with E-state index in [1.54, 1.807) is 0 Å². The fraction of sp³-hybridized carbons (Fsp3) is 0.312. The Hall–Kier alpha value is -1.83. The van der Waals surface area contributed by atoms with Crippen LogP contribution in [0.1, 0.15) is 29.6 Å². The molecule has 92 valence electrons. The lowest BCUT2D eigenvalue weighted by atomic mass is 9.87. The van der Waals surface area contributed by atoms with Gasteiger partial charge in [0.05, 0.1) is 0 Å². The number of carbonyl (C=O) groups excluding carboxylic acids is 1. The van der Waals surface area contributed by atoms with Crippen LogP contribution in [0, 0.1) is 5.92 Å². The van der Waals surface area contributed by atoms with Crippen LogP contribution in [-0.2, 0) is 7.05 Å². The second kappa shape index (κ2) is 4.45. The molecule has 2 heteroatoms. The number of fused-ring (bicyclic) bond motifs is 1. The predicted molar refractivity (Wildman–Crippen MR) is 73.7 cm³/mol. The number of carbonyl (C=O) groups is 1. The minimum absolute atomic E-state index is 0.167. The Kier molecular flexibility index (Phi) is 2.78. The highest BCUT2D eigenvalue weighted by Crippen LogP contribution is 2.27. The lowest BCUT2D eigenvalue weighted by Crippen LogP contribution is -2.15. The van der Waals surface area contributed by atoms with E-state index in [0.717, 1.165) is 35.7 Å². The number of allylic oxidation sites excluding steroid dienone is 2. The monoisotopic (exact) mass is 239 g/mol. The van der Waals surface area contributed by atoms with Crippen molar-refractivity contribution < 1.29 is 4.79 Å². The second-order valence-electron chi connectivity index (χ2n) is 5.02. The van der Waals surface area contributed by atoms with Crippen LogP contribution in [0.3, 0.4) is 0 Å². The number of aryl methyl sites for hydroxylation is 1. The SMILES string of the molecule is Cn1cc(C(=O)[C@H]2CC=CCC2)c2ccccc21. The molecule has 1 aliphatic carbocycles. The molecule has 1 aromatic carbocycles. The maximum absolute atomic E-state index is 12.6. The molecule has 0 radical (unpaired) electrons.